The molecule has 0 aliphatic heterocycles. The van der Waals surface area contributed by atoms with Gasteiger partial charge in [0.1, 0.15) is 0 Å². The van der Waals surface area contributed by atoms with Gasteiger partial charge in [0, 0.05) is 0 Å². The monoisotopic (exact) mass is 776 g/mol. The van der Waals surface area contributed by atoms with Crippen molar-refractivity contribution in [2.24, 2.45) is 0 Å². The van der Waals surface area contributed by atoms with Crippen molar-refractivity contribution in [3.63, 3.8) is 0 Å². The molecule has 15 heteroatoms. The van der Waals surface area contributed by atoms with Gasteiger partial charge in [0.15, 0.2) is 0 Å². The molecule has 0 aliphatic rings. The van der Waals surface area contributed by atoms with Crippen LogP contribution in [0.3, 0.4) is 0 Å². The molecule has 1 aromatic carbocycles. The van der Waals surface area contributed by atoms with Crippen LogP contribution in [0.1, 0.15) is 83.1 Å². The number of nitrogens with zero attached hydrogens (tertiary/aromatic N) is 2. The summed E-state index contributed by atoms with van der Waals surface area (Å²) in [6.45, 7) is 27.5. The first-order valence-electron chi connectivity index (χ1n) is 12.5. The van der Waals surface area contributed by atoms with Gasteiger partial charge < -0.3 is 0 Å². The van der Waals surface area contributed by atoms with Gasteiger partial charge >= 0.3 is 250 Å². The summed E-state index contributed by atoms with van der Waals surface area (Å²) in [5.41, 5.74) is -1.85. The molecule has 0 spiro atoms. The van der Waals surface area contributed by atoms with E-state index in [0.29, 0.717) is 0 Å². The van der Waals surface area contributed by atoms with Crippen LogP contribution in [0.5, 0.6) is 0 Å². The molecule has 40 heavy (non-hydrogen) atoms. The summed E-state index contributed by atoms with van der Waals surface area (Å²) in [6, 6.07) is 2.76. The molecule has 0 N–H and O–H groups in total. The second-order valence-corrected chi connectivity index (χ2v) is 32.9. The van der Waals surface area contributed by atoms with Crippen LogP contribution in [-0.2, 0) is 12.6 Å². The van der Waals surface area contributed by atoms with Crippen molar-refractivity contribution in [1.29, 1.82) is 0 Å². The maximum absolute atomic E-state index is 14.5. The average molecular weight is 774 g/mol. The molecule has 1 aromatic heterocycles. The average Bonchev–Trinajstić information content (AvgIpc) is 2.92. The summed E-state index contributed by atoms with van der Waals surface area (Å²) in [7, 11) is -10.7. The number of imidazole rings is 1. The van der Waals surface area contributed by atoms with Crippen LogP contribution >= 0.6 is 18.8 Å². The van der Waals surface area contributed by atoms with E-state index in [1.807, 2.05) is 0 Å². The number of hydrogen-bond acceptors (Lipinski definition) is 0. The van der Waals surface area contributed by atoms with Crippen LogP contribution in [0, 0.1) is 11.6 Å². The standard InChI is InChI=1S/C25H43F2N2P2Se2.F6P/c1-22(2,3)30(32,23(4,5)6)16-28-15-29(21-14-19(27)18(26)13-20(21)28)17-31(33,24(7,8)9)25(10,11)12;1-7(2,3,4,5)6/h13-15H,16-17H2,1-12H3;/q+1;-1. The number of halogens is 8. The first kappa shape index (κ1) is 38.5. The Bertz CT molecular complexity index is 1220. The van der Waals surface area contributed by atoms with Crippen molar-refractivity contribution in [2.45, 2.75) is 116 Å². The van der Waals surface area contributed by atoms with Crippen molar-refractivity contribution in [2.75, 3.05) is 0 Å². The molecule has 236 valence electrons. The molecular weight excluding hydrogens is 731 g/mol. The molecule has 0 unspecified atom stereocenters. The van der Waals surface area contributed by atoms with Crippen molar-refractivity contribution < 1.29 is 38.5 Å². The first-order valence-corrected chi connectivity index (χ1v) is 22.9. The normalized spacial score (nSPS) is 16.3. The van der Waals surface area contributed by atoms with E-state index < -0.39 is 30.5 Å². The quantitative estimate of drug-likeness (QED) is 0.127. The molecule has 0 atom stereocenters. The number of rotatable bonds is 4. The van der Waals surface area contributed by atoms with E-state index in [4.69, 9.17) is 0 Å². The molecule has 0 radical (unpaired) electrons. The van der Waals surface area contributed by atoms with Crippen molar-refractivity contribution >= 4 is 60.1 Å². The van der Waals surface area contributed by atoms with E-state index in [1.54, 1.807) is 0 Å². The Kier molecular flexibility index (Phi) is 10.1. The van der Waals surface area contributed by atoms with Crippen LogP contribution in [0.4, 0.5) is 34.0 Å². The third-order valence-corrected chi connectivity index (χ3v) is 32.3. The van der Waals surface area contributed by atoms with Crippen molar-refractivity contribution in [1.82, 2.24) is 4.57 Å². The topological polar surface area (TPSA) is 8.81 Å². The molecule has 2 aromatic rings. The van der Waals surface area contributed by atoms with Gasteiger partial charge in [0.25, 0.3) is 0 Å². The van der Waals surface area contributed by atoms with Gasteiger partial charge in [0.05, 0.1) is 0 Å². The minimum absolute atomic E-state index is 0.0668. The predicted molar refractivity (Wildman–Crippen MR) is 160 cm³/mol. The summed E-state index contributed by atoms with van der Waals surface area (Å²) in [6.07, 6.45) is 3.66. The predicted octanol–water partition coefficient (Wildman–Crippen LogP) is 10.9. The number of aromatic nitrogens is 2. The Hall–Kier alpha value is 0.459. The van der Waals surface area contributed by atoms with Crippen LogP contribution < -0.4 is 4.57 Å². The van der Waals surface area contributed by atoms with Crippen molar-refractivity contribution in [3.05, 3.63) is 30.1 Å². The Balaban J connectivity index is 0.00000101. The molecule has 0 amide bonds. The Labute approximate surface area is 248 Å². The third-order valence-electron chi connectivity index (χ3n) is 6.95. The zero-order valence-corrected chi connectivity index (χ0v) is 31.3. The summed E-state index contributed by atoms with van der Waals surface area (Å²) in [5, 5.41) is 0.267. The Morgan fingerprint density at radius 2 is 1.00 bits per heavy atom. The molecule has 0 fully saturated rings. The van der Waals surface area contributed by atoms with E-state index in [0.717, 1.165) is 23.6 Å². The second kappa shape index (κ2) is 10.5. The zero-order chi connectivity index (χ0) is 32.4. The molecule has 2 rings (SSSR count). The fraction of sp³-hybridized carbons (Fsp3) is 0.720. The van der Waals surface area contributed by atoms with Gasteiger partial charge in [-0.15, -0.1) is 0 Å². The minimum atomic E-state index is -10.7. The second-order valence-electron chi connectivity index (χ2n) is 14.2. The van der Waals surface area contributed by atoms with E-state index in [1.165, 1.54) is 12.1 Å². The van der Waals surface area contributed by atoms with Crippen molar-refractivity contribution in [3.8, 4) is 0 Å². The molecule has 0 saturated carbocycles. The van der Waals surface area contributed by atoms with E-state index >= 15 is 0 Å². The summed E-state index contributed by atoms with van der Waals surface area (Å²) in [4.78, 5) is 0. The molecule has 1 heterocycles. The van der Waals surface area contributed by atoms with Crippen LogP contribution in [0.15, 0.2) is 18.5 Å². The molecule has 2 nitrogen and oxygen atoms in total. The van der Waals surface area contributed by atoms with Gasteiger partial charge in [-0.3, -0.25) is 0 Å². The van der Waals surface area contributed by atoms with Crippen LogP contribution in [0.2, 0.25) is 0 Å². The first-order chi connectivity index (χ1) is 16.9. The Morgan fingerprint density at radius 1 is 0.675 bits per heavy atom. The molecule has 0 saturated heterocycles. The van der Waals surface area contributed by atoms with Gasteiger partial charge in [-0.25, -0.2) is 0 Å². The van der Waals surface area contributed by atoms with E-state index in [9.17, 15) is 34.0 Å². The Morgan fingerprint density at radius 3 is 1.32 bits per heavy atom. The van der Waals surface area contributed by atoms with E-state index in [-0.39, 0.29) is 20.6 Å². The summed E-state index contributed by atoms with van der Waals surface area (Å²) < 4.78 is 92.5. The zero-order valence-electron chi connectivity index (χ0n) is 25.2. The molecule has 0 aliphatic carbocycles. The van der Waals surface area contributed by atoms with Gasteiger partial charge in [-0.1, -0.05) is 0 Å². The number of fused-ring (bicyclic) bond motifs is 1. The fourth-order valence-electron chi connectivity index (χ4n) is 4.79. The van der Waals surface area contributed by atoms with Crippen LogP contribution in [0.25, 0.3) is 11.0 Å². The number of benzene rings is 1. The summed E-state index contributed by atoms with van der Waals surface area (Å²) in [5.74, 6) is -1.58. The number of hydrogen-bond donors (Lipinski definition) is 0. The SMILES string of the molecule is CC(C)(C)P(=[Se])(Cn1c[n+](CP(=[Se])(C(C)(C)C)C(C)(C)C)c2cc(F)c(F)cc21)C(C)(C)C.F[P-](F)(F)(F)(F)F. The fourth-order valence-corrected chi connectivity index (χ4v) is 13.4. The van der Waals surface area contributed by atoms with Gasteiger partial charge in [0.2, 0.25) is 0 Å². The maximum atomic E-state index is 14.5. The van der Waals surface area contributed by atoms with E-state index in [2.05, 4.69) is 129 Å². The third kappa shape index (κ3) is 9.73. The summed E-state index contributed by atoms with van der Waals surface area (Å²) >= 11 is 7.26. The van der Waals surface area contributed by atoms with Gasteiger partial charge in [-0.05, 0) is 0 Å². The van der Waals surface area contributed by atoms with Crippen LogP contribution in [-0.4, -0.2) is 55.4 Å². The van der Waals surface area contributed by atoms with Gasteiger partial charge in [-0.2, -0.15) is 0 Å². The molecule has 0 bridgehead atoms. The molecular formula is C25H43F8N2P3Se2.